The standard InChI is InChI=1S/C18H31N3O4S.C17H29N3O4S.C16H22N2O7.C10H20INO3.I3.I2.HI/c1-11(2)15-19-13(10-26-15)9-21(7)17(23)20-14(16(22)24-8)12(3)25-18(4,5)6;1-10(2)14-18-12(9-25-14)8-20(7)16(23)19-13(15(21)22)11(3)24-17(4,5)6;1-10(25-16(2,3)4)13(14(19)23-5)17-15(20)24-12-8-6-11(7-9-12)18(21)22;1-7(15-10(2,3)4)8(12-11-5)9(13)14-6;1-3-2;1-2;/h10-12,14H,9H2,1-8H3,(H,20,23);9-11,13H,8H2,1-7H3,(H,19,23)(H,21,22);6-10,13H,1-5H3,(H,17,20);7-8H,1-6H3;;;1H/q;;;;-1;;/t12?,14-;11?,13-;10?,13-;7?,8-;;;/m1111.../s1. The van der Waals surface area contributed by atoms with Gasteiger partial charge in [0.1, 0.15) is 5.75 Å². The van der Waals surface area contributed by atoms with Crippen LogP contribution in [0.1, 0.15) is 172 Å². The van der Waals surface area contributed by atoms with Crippen LogP contribution >= 0.6 is 142 Å². The number of carboxylic acids is 1. The van der Waals surface area contributed by atoms with Gasteiger partial charge >= 0.3 is 92.5 Å². The number of carboxylic acid groups (broad SMARTS) is 1. The fourth-order valence-corrected chi connectivity index (χ4v) is 10.7. The molecule has 27 nitrogen and oxygen atoms in total. The topological polar surface area (TPSA) is 337 Å². The normalized spacial score (nSPS) is 13.8. The predicted octanol–water partition coefficient (Wildman–Crippen LogP) is 12.3. The molecule has 0 bridgehead atoms. The molecule has 5 amide bonds. The number of hydrogen-bond acceptors (Lipinski definition) is 22. The minimum atomic E-state index is -1.13. The van der Waals surface area contributed by atoms with Crippen molar-refractivity contribution in [3.05, 3.63) is 66.5 Å². The summed E-state index contributed by atoms with van der Waals surface area (Å²) in [5.41, 5.74) is -0.272. The Morgan fingerprint density at radius 1 is 0.608 bits per heavy atom. The summed E-state index contributed by atoms with van der Waals surface area (Å²) < 4.78 is 46.3. The van der Waals surface area contributed by atoms with Crippen molar-refractivity contribution in [2.45, 2.75) is 234 Å². The maximum atomic E-state index is 12.5. The van der Waals surface area contributed by atoms with Crippen molar-refractivity contribution in [1.82, 2.24) is 35.7 Å². The number of rotatable bonds is 24. The third kappa shape index (κ3) is 46.6. The molecule has 0 aliphatic carbocycles. The molecule has 0 aliphatic heterocycles. The number of nitro groups is 1. The minimum absolute atomic E-state index is 0. The van der Waals surface area contributed by atoms with Crippen molar-refractivity contribution >= 4 is 190 Å². The van der Waals surface area contributed by atoms with Gasteiger partial charge in [0.2, 0.25) is 0 Å². The van der Waals surface area contributed by atoms with Crippen molar-refractivity contribution in [3.63, 3.8) is 0 Å². The number of aromatic nitrogens is 2. The second-order valence-electron chi connectivity index (χ2n) is 25.4. The predicted molar refractivity (Wildman–Crippen MR) is 429 cm³/mol. The molecular weight excluding hydrogens is 2100 g/mol. The average molecular weight is 2200 g/mol. The third-order valence-electron chi connectivity index (χ3n) is 11.5. The number of ether oxygens (including phenoxy) is 8. The Labute approximate surface area is 662 Å². The summed E-state index contributed by atoms with van der Waals surface area (Å²) in [5, 5.41) is 33.5. The number of nitrogens with zero attached hydrogens (tertiary/aromatic N) is 6. The molecule has 36 heteroatoms. The first kappa shape index (κ1) is 102. The van der Waals surface area contributed by atoms with E-state index in [4.69, 9.17) is 33.2 Å². The molecule has 0 saturated heterocycles. The van der Waals surface area contributed by atoms with Crippen molar-refractivity contribution in [2.24, 2.45) is 3.15 Å². The molecule has 8 atom stereocenters. The van der Waals surface area contributed by atoms with Gasteiger partial charge in [-0.3, -0.25) is 10.1 Å². The number of methoxy groups -OCH3 is 3. The monoisotopic (exact) mass is 2200 g/mol. The number of alkyl halides is 1. The Hall–Kier alpha value is -1.68. The molecule has 562 valence electrons. The summed E-state index contributed by atoms with van der Waals surface area (Å²) in [7, 11) is 7.13. The van der Waals surface area contributed by atoms with E-state index in [1.165, 1.54) is 55.4 Å². The fourth-order valence-electron chi connectivity index (χ4n) is 7.74. The van der Waals surface area contributed by atoms with Crippen molar-refractivity contribution < 1.29 is 94.7 Å². The number of nitrogens with one attached hydrogen (secondary N) is 3. The van der Waals surface area contributed by atoms with E-state index in [-0.39, 0.29) is 80.2 Å². The van der Waals surface area contributed by atoms with Crippen LogP contribution in [0.5, 0.6) is 5.75 Å². The molecule has 0 radical (unpaired) electrons. The van der Waals surface area contributed by atoms with Crippen molar-refractivity contribution in [2.75, 3.05) is 40.4 Å². The number of urea groups is 2. The first-order valence-electron chi connectivity index (χ1n) is 29.6. The zero-order chi connectivity index (χ0) is 75.4. The average Bonchev–Trinajstić information content (AvgIpc) is 1.37. The second kappa shape index (κ2) is 51.5. The van der Waals surface area contributed by atoms with Crippen LogP contribution in [-0.2, 0) is 65.4 Å². The van der Waals surface area contributed by atoms with Crippen LogP contribution in [-0.4, -0.2) is 183 Å². The maximum absolute atomic E-state index is 12.5. The molecule has 0 spiro atoms. The number of amides is 5. The van der Waals surface area contributed by atoms with Gasteiger partial charge in [-0.05, 0) is 149 Å². The quantitative estimate of drug-likeness (QED) is 0.0162. The van der Waals surface area contributed by atoms with E-state index in [0.29, 0.717) is 38.2 Å². The van der Waals surface area contributed by atoms with Gasteiger partial charge in [-0.2, -0.15) is 0 Å². The molecular formula is C61H103I7N9O18S2-. The molecule has 1 aromatic carbocycles. The van der Waals surface area contributed by atoms with E-state index in [1.807, 2.05) is 106 Å². The van der Waals surface area contributed by atoms with Gasteiger partial charge in [0.15, 0.2) is 24.2 Å². The van der Waals surface area contributed by atoms with E-state index in [9.17, 15) is 48.8 Å². The van der Waals surface area contributed by atoms with Crippen LogP contribution in [0.25, 0.3) is 0 Å². The molecule has 4 unspecified atom stereocenters. The molecule has 0 saturated carbocycles. The van der Waals surface area contributed by atoms with Gasteiger partial charge in [0.25, 0.3) is 5.69 Å². The van der Waals surface area contributed by atoms with E-state index >= 15 is 0 Å². The molecule has 2 aromatic heterocycles. The van der Waals surface area contributed by atoms with Crippen molar-refractivity contribution in [3.8, 4) is 5.75 Å². The zero-order valence-corrected chi connectivity index (χ0v) is 77.1. The number of thiazole rings is 2. The summed E-state index contributed by atoms with van der Waals surface area (Å²) in [6.07, 6.45) is -3.02. The number of non-ortho nitro benzene ring substituents is 1. The first-order chi connectivity index (χ1) is 44.1. The summed E-state index contributed by atoms with van der Waals surface area (Å²) in [5.74, 6) is -1.88. The van der Waals surface area contributed by atoms with E-state index in [0.717, 1.165) is 21.4 Å². The number of carbonyl (C=O) groups excluding carboxylic acids is 6. The molecule has 97 heavy (non-hydrogen) atoms. The van der Waals surface area contributed by atoms with Crippen LogP contribution in [0, 0.1) is 10.1 Å². The van der Waals surface area contributed by atoms with Gasteiger partial charge in [-0.15, -0.1) is 46.7 Å². The van der Waals surface area contributed by atoms with Gasteiger partial charge in [0, 0.05) is 86.1 Å². The Kier molecular flexibility index (Phi) is 54.0. The van der Waals surface area contributed by atoms with E-state index in [1.54, 1.807) is 57.5 Å². The van der Waals surface area contributed by atoms with Crippen LogP contribution < -0.4 is 33.9 Å². The summed E-state index contributed by atoms with van der Waals surface area (Å²) >= 11 is 12.4. The van der Waals surface area contributed by atoms with Crippen molar-refractivity contribution in [1.29, 1.82) is 0 Å². The molecule has 4 N–H and O–H groups in total. The van der Waals surface area contributed by atoms with Gasteiger partial charge in [-0.25, -0.2) is 46.7 Å². The zero-order valence-electron chi connectivity index (χ0n) is 60.2. The Morgan fingerprint density at radius 3 is 1.22 bits per heavy atom. The molecule has 3 rings (SSSR count). The third-order valence-corrected chi connectivity index (χ3v) is 15.1. The number of aliphatic carboxylic acids is 1. The first-order valence-corrected chi connectivity index (χ1v) is 53.4. The molecule has 2 heterocycles. The van der Waals surface area contributed by atoms with E-state index in [2.05, 4.69) is 136 Å². The SMILES string of the molecule is CC(C)c1nc(CN(C)C(=O)N[C@@H](C(=O)O)C(C)OC(C)(C)C)cs1.COC(=O)[C@H](N=IC)C(C)OC(C)(C)C.COC(=O)[C@H](NC(=O)N(C)Cc1csc(C(C)C)n1)C(C)OC(C)(C)C.COC(=O)[C@H](NC(=O)Oc1ccc([N+](=O)[O-])cc1)C(C)OC(C)(C)C.I.II.I[I-]I. The molecule has 3 aromatic rings. The Bertz CT molecular complexity index is 2840. The van der Waals surface area contributed by atoms with Gasteiger partial charge in [-0.1, -0.05) is 27.7 Å². The van der Waals surface area contributed by atoms with Crippen LogP contribution in [0.15, 0.2) is 38.2 Å². The molecule has 0 aliphatic rings. The van der Waals surface area contributed by atoms with E-state index < -0.39 is 94.2 Å². The van der Waals surface area contributed by atoms with Crippen LogP contribution in [0.2, 0.25) is 0 Å². The van der Waals surface area contributed by atoms with Gasteiger partial charge < -0.3 is 68.8 Å². The second-order valence-corrected chi connectivity index (χ2v) is 45.0. The van der Waals surface area contributed by atoms with Gasteiger partial charge in [0.05, 0.1) is 108 Å². The Morgan fingerprint density at radius 2 is 0.928 bits per heavy atom. The molecule has 0 fully saturated rings. The number of esters is 3. The summed E-state index contributed by atoms with van der Waals surface area (Å²) in [6.45, 7) is 38.3. The Balaban J connectivity index is -0.000000587. The number of halogens is 7. The summed E-state index contributed by atoms with van der Waals surface area (Å²) in [4.78, 5) is 108. The number of carbonyl (C=O) groups is 7. The number of hydrogen-bond donors (Lipinski definition) is 4. The number of nitro benzene ring substituents is 1. The van der Waals surface area contributed by atoms with Crippen LogP contribution in [0.4, 0.5) is 20.1 Å². The summed E-state index contributed by atoms with van der Waals surface area (Å²) in [6, 6.07) is 0.519. The fraction of sp³-hybridized carbons (Fsp3) is 0.689. The van der Waals surface area contributed by atoms with Crippen LogP contribution in [0.3, 0.4) is 0 Å². The number of benzene rings is 1.